The summed E-state index contributed by atoms with van der Waals surface area (Å²) in [5, 5.41) is 3.84. The first-order valence-corrected chi connectivity index (χ1v) is 7.20. The topological polar surface area (TPSA) is 47.3 Å². The first-order valence-electron chi connectivity index (χ1n) is 6.41. The van der Waals surface area contributed by atoms with Crippen molar-refractivity contribution in [2.75, 3.05) is 25.1 Å². The Bertz CT molecular complexity index is 424. The van der Waals surface area contributed by atoms with Gasteiger partial charge in [-0.3, -0.25) is 0 Å². The molecule has 0 spiro atoms. The third-order valence-electron chi connectivity index (χ3n) is 2.65. The molecule has 0 bridgehead atoms. The van der Waals surface area contributed by atoms with Crippen molar-refractivity contribution in [3.63, 3.8) is 0 Å². The van der Waals surface area contributed by atoms with Crippen molar-refractivity contribution in [1.29, 1.82) is 0 Å². The number of hydrogen-bond donors (Lipinski definition) is 2. The van der Waals surface area contributed by atoms with E-state index in [0.717, 1.165) is 30.8 Å². The van der Waals surface area contributed by atoms with Crippen molar-refractivity contribution in [1.82, 2.24) is 0 Å². The fraction of sp³-hybridized carbons (Fsp3) is 0.500. The summed E-state index contributed by atoms with van der Waals surface area (Å²) in [6.45, 7) is 6.56. The Hall–Kier alpha value is -0.840. The Morgan fingerprint density at radius 2 is 2.16 bits per heavy atom. The molecule has 1 aromatic rings. The maximum absolute atomic E-state index is 6.14. The lowest BCUT2D eigenvalue weighted by molar-refractivity contribution is 0.132. The third kappa shape index (κ3) is 6.23. The van der Waals surface area contributed by atoms with Crippen LogP contribution in [-0.2, 0) is 4.74 Å². The second kappa shape index (κ2) is 8.35. The summed E-state index contributed by atoms with van der Waals surface area (Å²) in [5.74, 6) is 0.676. The Morgan fingerprint density at radius 3 is 2.74 bits per heavy atom. The van der Waals surface area contributed by atoms with Crippen LogP contribution in [0, 0.1) is 5.92 Å². The maximum Gasteiger partial charge on any atom is 0.104 e. The Labute approximate surface area is 125 Å². The molecular formula is C14H21ClN2OS. The van der Waals surface area contributed by atoms with Crippen LogP contribution in [0.2, 0.25) is 5.02 Å². The fourth-order valence-electron chi connectivity index (χ4n) is 1.49. The predicted octanol–water partition coefficient (Wildman–Crippen LogP) is 3.45. The molecule has 0 amide bonds. The van der Waals surface area contributed by atoms with Crippen molar-refractivity contribution in [2.45, 2.75) is 20.3 Å². The zero-order valence-electron chi connectivity index (χ0n) is 11.4. The monoisotopic (exact) mass is 300 g/mol. The number of nitrogens with one attached hydrogen (secondary N) is 1. The minimum Gasteiger partial charge on any atom is -0.389 e. The number of thiocarbonyl (C=S) groups is 1. The SMILES string of the molecule is CC(C)CCOCCNc1ccc(C(N)=S)cc1Cl. The van der Waals surface area contributed by atoms with Crippen LogP contribution in [0.25, 0.3) is 0 Å². The Morgan fingerprint density at radius 1 is 1.42 bits per heavy atom. The molecule has 0 saturated heterocycles. The third-order valence-corrected chi connectivity index (χ3v) is 3.20. The van der Waals surface area contributed by atoms with E-state index in [1.54, 1.807) is 6.07 Å². The van der Waals surface area contributed by atoms with Gasteiger partial charge in [-0.2, -0.15) is 0 Å². The van der Waals surface area contributed by atoms with Gasteiger partial charge < -0.3 is 15.8 Å². The Kier molecular flexibility index (Phi) is 7.13. The molecule has 0 aliphatic heterocycles. The molecule has 106 valence electrons. The minimum absolute atomic E-state index is 0.352. The smallest absolute Gasteiger partial charge is 0.104 e. The summed E-state index contributed by atoms with van der Waals surface area (Å²) in [7, 11) is 0. The van der Waals surface area contributed by atoms with Gasteiger partial charge in [-0.1, -0.05) is 37.7 Å². The molecule has 0 saturated carbocycles. The summed E-state index contributed by atoms with van der Waals surface area (Å²) >= 11 is 11.0. The molecular weight excluding hydrogens is 280 g/mol. The zero-order chi connectivity index (χ0) is 14.3. The highest BCUT2D eigenvalue weighted by molar-refractivity contribution is 7.80. The highest BCUT2D eigenvalue weighted by Crippen LogP contribution is 2.22. The largest absolute Gasteiger partial charge is 0.389 e. The van der Waals surface area contributed by atoms with Crippen molar-refractivity contribution < 1.29 is 4.74 Å². The lowest BCUT2D eigenvalue weighted by Crippen LogP contribution is -2.12. The van der Waals surface area contributed by atoms with E-state index in [2.05, 4.69) is 19.2 Å². The van der Waals surface area contributed by atoms with Crippen LogP contribution in [-0.4, -0.2) is 24.7 Å². The van der Waals surface area contributed by atoms with Crippen LogP contribution in [0.5, 0.6) is 0 Å². The second-order valence-electron chi connectivity index (χ2n) is 4.78. The molecule has 5 heteroatoms. The number of ether oxygens (including phenoxy) is 1. The highest BCUT2D eigenvalue weighted by Gasteiger charge is 2.03. The quantitative estimate of drug-likeness (QED) is 0.570. The lowest BCUT2D eigenvalue weighted by Gasteiger charge is -2.10. The average molecular weight is 301 g/mol. The van der Waals surface area contributed by atoms with Gasteiger partial charge in [-0.05, 0) is 30.5 Å². The summed E-state index contributed by atoms with van der Waals surface area (Å²) < 4.78 is 5.52. The van der Waals surface area contributed by atoms with E-state index in [1.165, 1.54) is 0 Å². The van der Waals surface area contributed by atoms with Gasteiger partial charge in [0, 0.05) is 18.7 Å². The molecule has 0 aliphatic rings. The normalized spacial score (nSPS) is 10.7. The lowest BCUT2D eigenvalue weighted by atomic mass is 10.1. The zero-order valence-corrected chi connectivity index (χ0v) is 13.0. The number of halogens is 1. The number of hydrogen-bond acceptors (Lipinski definition) is 3. The van der Waals surface area contributed by atoms with Gasteiger partial charge in [-0.25, -0.2) is 0 Å². The molecule has 0 radical (unpaired) electrons. The molecule has 3 N–H and O–H groups in total. The van der Waals surface area contributed by atoms with E-state index in [-0.39, 0.29) is 0 Å². The minimum atomic E-state index is 0.352. The summed E-state index contributed by atoms with van der Waals surface area (Å²) in [5.41, 5.74) is 7.19. The first-order chi connectivity index (χ1) is 9.00. The van der Waals surface area contributed by atoms with E-state index in [0.29, 0.717) is 22.5 Å². The van der Waals surface area contributed by atoms with Gasteiger partial charge in [-0.15, -0.1) is 0 Å². The van der Waals surface area contributed by atoms with Gasteiger partial charge in [0.1, 0.15) is 4.99 Å². The van der Waals surface area contributed by atoms with Gasteiger partial charge >= 0.3 is 0 Å². The van der Waals surface area contributed by atoms with Crippen LogP contribution in [0.15, 0.2) is 18.2 Å². The molecule has 0 unspecified atom stereocenters. The van der Waals surface area contributed by atoms with Crippen molar-refractivity contribution in [3.05, 3.63) is 28.8 Å². The number of rotatable bonds is 8. The molecule has 0 aliphatic carbocycles. The summed E-state index contributed by atoms with van der Waals surface area (Å²) in [4.78, 5) is 0.352. The van der Waals surface area contributed by atoms with Gasteiger partial charge in [0.2, 0.25) is 0 Å². The fourth-order valence-corrected chi connectivity index (χ4v) is 1.87. The molecule has 1 aromatic carbocycles. The highest BCUT2D eigenvalue weighted by atomic mass is 35.5. The van der Waals surface area contributed by atoms with Crippen LogP contribution in [0.3, 0.4) is 0 Å². The number of benzene rings is 1. The summed E-state index contributed by atoms with van der Waals surface area (Å²) in [6, 6.07) is 5.51. The molecule has 1 rings (SSSR count). The molecule has 0 atom stereocenters. The van der Waals surface area contributed by atoms with Crippen LogP contribution in [0.4, 0.5) is 5.69 Å². The molecule has 0 heterocycles. The number of nitrogens with two attached hydrogens (primary N) is 1. The van der Waals surface area contributed by atoms with Crippen LogP contribution in [0.1, 0.15) is 25.8 Å². The summed E-state index contributed by atoms with van der Waals surface area (Å²) in [6.07, 6.45) is 1.09. The molecule has 3 nitrogen and oxygen atoms in total. The van der Waals surface area contributed by atoms with Crippen molar-refractivity contribution in [2.24, 2.45) is 11.7 Å². The van der Waals surface area contributed by atoms with Gasteiger partial charge in [0.05, 0.1) is 17.3 Å². The van der Waals surface area contributed by atoms with Crippen molar-refractivity contribution in [3.8, 4) is 0 Å². The maximum atomic E-state index is 6.14. The number of anilines is 1. The van der Waals surface area contributed by atoms with Crippen LogP contribution < -0.4 is 11.1 Å². The average Bonchev–Trinajstić information content (AvgIpc) is 2.34. The molecule has 19 heavy (non-hydrogen) atoms. The molecule has 0 fully saturated rings. The standard InChI is InChI=1S/C14H21ClN2OS/c1-10(2)5-7-18-8-6-17-13-4-3-11(14(16)19)9-12(13)15/h3-4,9-10,17H,5-8H2,1-2H3,(H2,16,19). The first kappa shape index (κ1) is 16.2. The van der Waals surface area contributed by atoms with E-state index < -0.39 is 0 Å². The van der Waals surface area contributed by atoms with E-state index in [4.69, 9.17) is 34.3 Å². The van der Waals surface area contributed by atoms with E-state index >= 15 is 0 Å². The second-order valence-corrected chi connectivity index (χ2v) is 5.63. The van der Waals surface area contributed by atoms with Crippen LogP contribution >= 0.6 is 23.8 Å². The van der Waals surface area contributed by atoms with E-state index in [1.807, 2.05) is 12.1 Å². The van der Waals surface area contributed by atoms with E-state index in [9.17, 15) is 0 Å². The van der Waals surface area contributed by atoms with Gasteiger partial charge in [0.15, 0.2) is 0 Å². The van der Waals surface area contributed by atoms with Crippen molar-refractivity contribution >= 4 is 34.5 Å². The van der Waals surface area contributed by atoms with Gasteiger partial charge in [0.25, 0.3) is 0 Å². The molecule has 0 aromatic heterocycles. The predicted molar refractivity (Wildman–Crippen MR) is 86.1 cm³/mol. The Balaban J connectivity index is 2.32.